The first-order valence-corrected chi connectivity index (χ1v) is 8.45. The van der Waals surface area contributed by atoms with E-state index in [4.69, 9.17) is 26.8 Å². The van der Waals surface area contributed by atoms with Gasteiger partial charge in [0.1, 0.15) is 10.4 Å². The predicted molar refractivity (Wildman–Crippen MR) is 98.2 cm³/mol. The summed E-state index contributed by atoms with van der Waals surface area (Å²) in [6.45, 7) is 0. The number of hydrogen-bond acceptors (Lipinski definition) is 7. The first-order valence-electron chi connectivity index (χ1n) is 7.22. The second-order valence-corrected chi connectivity index (χ2v) is 6.76. The maximum Gasteiger partial charge on any atom is 0.327 e. The summed E-state index contributed by atoms with van der Waals surface area (Å²) in [6, 6.07) is 3.52. The van der Waals surface area contributed by atoms with Crippen LogP contribution >= 0.6 is 24.0 Å². The summed E-state index contributed by atoms with van der Waals surface area (Å²) >= 11 is 5.98. The summed E-state index contributed by atoms with van der Waals surface area (Å²) in [6.07, 6.45) is 0.748. The van der Waals surface area contributed by atoms with Crippen molar-refractivity contribution in [3.8, 4) is 11.5 Å². The number of carbonyl (C=O) groups excluding carboxylic acids is 1. The van der Waals surface area contributed by atoms with Gasteiger partial charge >= 0.3 is 11.9 Å². The van der Waals surface area contributed by atoms with E-state index in [0.29, 0.717) is 17.1 Å². The van der Waals surface area contributed by atoms with Crippen LogP contribution in [0, 0.1) is 0 Å². The zero-order valence-electron chi connectivity index (χ0n) is 13.8. The third kappa shape index (κ3) is 3.97. The van der Waals surface area contributed by atoms with Crippen molar-refractivity contribution < 1.29 is 34.1 Å². The van der Waals surface area contributed by atoms with E-state index in [1.54, 1.807) is 18.2 Å². The number of rotatable bonds is 7. The Morgan fingerprint density at radius 3 is 2.54 bits per heavy atom. The van der Waals surface area contributed by atoms with E-state index in [2.05, 4.69) is 0 Å². The van der Waals surface area contributed by atoms with E-state index in [1.807, 2.05) is 0 Å². The lowest BCUT2D eigenvalue weighted by atomic mass is 10.1. The van der Waals surface area contributed by atoms with Crippen LogP contribution in [-0.4, -0.2) is 57.5 Å². The zero-order chi connectivity index (χ0) is 19.4. The molecule has 1 amide bonds. The molecule has 1 aliphatic rings. The molecule has 2 rings (SSSR count). The smallest absolute Gasteiger partial charge is 0.327 e. The van der Waals surface area contributed by atoms with Crippen LogP contribution < -0.4 is 9.47 Å². The van der Waals surface area contributed by atoms with Crippen molar-refractivity contribution >= 4 is 52.2 Å². The van der Waals surface area contributed by atoms with E-state index in [-0.39, 0.29) is 9.23 Å². The molecule has 1 heterocycles. The Labute approximate surface area is 158 Å². The van der Waals surface area contributed by atoms with Gasteiger partial charge in [-0.25, -0.2) is 4.79 Å². The topological polar surface area (TPSA) is 113 Å². The van der Waals surface area contributed by atoms with Gasteiger partial charge in [0, 0.05) is 5.56 Å². The van der Waals surface area contributed by atoms with E-state index < -0.39 is 30.3 Å². The van der Waals surface area contributed by atoms with Crippen molar-refractivity contribution in [3.05, 3.63) is 28.7 Å². The molecule has 10 heteroatoms. The summed E-state index contributed by atoms with van der Waals surface area (Å²) in [5.74, 6) is -2.58. The molecular weight excluding hydrogens is 382 g/mol. The third-order valence-corrected chi connectivity index (χ3v) is 4.84. The fourth-order valence-electron chi connectivity index (χ4n) is 2.37. The second-order valence-electron chi connectivity index (χ2n) is 5.09. The highest BCUT2D eigenvalue weighted by Gasteiger charge is 2.41. The SMILES string of the molecule is COc1cccc(/C=C2\SC(=S)N(C(CC(=O)O)C(=O)O)C2=O)c1OC. The van der Waals surface area contributed by atoms with Crippen LogP contribution in [0.3, 0.4) is 0 Å². The van der Waals surface area contributed by atoms with Gasteiger partial charge in [0.25, 0.3) is 5.91 Å². The maximum atomic E-state index is 12.6. The minimum absolute atomic E-state index is 0.0169. The highest BCUT2D eigenvalue weighted by molar-refractivity contribution is 8.26. The molecule has 138 valence electrons. The van der Waals surface area contributed by atoms with Crippen LogP contribution in [0.2, 0.25) is 0 Å². The Hall–Kier alpha value is -2.59. The van der Waals surface area contributed by atoms with Gasteiger partial charge in [0.15, 0.2) is 11.5 Å². The molecule has 0 bridgehead atoms. The van der Waals surface area contributed by atoms with Crippen LogP contribution in [0.1, 0.15) is 12.0 Å². The van der Waals surface area contributed by atoms with Crippen LogP contribution in [0.15, 0.2) is 23.1 Å². The standard InChI is InChI=1S/C16H15NO7S2/c1-23-10-5-3-4-8(13(10)24-2)6-11-14(20)17(16(25)26-11)9(15(21)22)7-12(18)19/h3-6,9H,7H2,1-2H3,(H,18,19)(H,21,22)/b11-6-. The molecule has 1 atom stereocenters. The Bertz CT molecular complexity index is 806. The van der Waals surface area contributed by atoms with Gasteiger partial charge in [-0.1, -0.05) is 36.1 Å². The molecule has 1 unspecified atom stereocenters. The Balaban J connectivity index is 2.41. The average molecular weight is 397 g/mol. The summed E-state index contributed by atoms with van der Waals surface area (Å²) < 4.78 is 10.5. The van der Waals surface area contributed by atoms with Gasteiger partial charge in [0.05, 0.1) is 25.5 Å². The van der Waals surface area contributed by atoms with Gasteiger partial charge in [-0.05, 0) is 12.1 Å². The normalized spacial score (nSPS) is 16.7. The van der Waals surface area contributed by atoms with Crippen molar-refractivity contribution in [2.24, 2.45) is 0 Å². The number of thiocarbonyl (C=S) groups is 1. The number of aliphatic carboxylic acids is 2. The summed E-state index contributed by atoms with van der Waals surface area (Å²) in [4.78, 5) is 35.9. The molecular formula is C16H15NO7S2. The molecule has 0 saturated carbocycles. The number of carbonyl (C=O) groups is 3. The van der Waals surface area contributed by atoms with E-state index in [1.165, 1.54) is 20.3 Å². The maximum absolute atomic E-state index is 12.6. The van der Waals surface area contributed by atoms with Gasteiger partial charge in [-0.15, -0.1) is 0 Å². The van der Waals surface area contributed by atoms with Gasteiger partial charge < -0.3 is 19.7 Å². The van der Waals surface area contributed by atoms with Crippen LogP contribution in [0.4, 0.5) is 0 Å². The molecule has 0 radical (unpaired) electrons. The van der Waals surface area contributed by atoms with Crippen molar-refractivity contribution in [2.75, 3.05) is 14.2 Å². The fourth-order valence-corrected chi connectivity index (χ4v) is 3.72. The van der Waals surface area contributed by atoms with Gasteiger partial charge in [0.2, 0.25) is 0 Å². The molecule has 8 nitrogen and oxygen atoms in total. The van der Waals surface area contributed by atoms with Crippen molar-refractivity contribution in [3.63, 3.8) is 0 Å². The number of carboxylic acid groups (broad SMARTS) is 2. The summed E-state index contributed by atoms with van der Waals surface area (Å²) in [5.41, 5.74) is 0.539. The molecule has 1 aliphatic heterocycles. The van der Waals surface area contributed by atoms with Gasteiger partial charge in [-0.3, -0.25) is 14.5 Å². The van der Waals surface area contributed by atoms with E-state index >= 15 is 0 Å². The first kappa shape index (κ1) is 19.7. The molecule has 2 N–H and O–H groups in total. The quantitative estimate of drug-likeness (QED) is 0.525. The Morgan fingerprint density at radius 2 is 2.00 bits per heavy atom. The number of methoxy groups -OCH3 is 2. The molecule has 0 aromatic heterocycles. The molecule has 1 aromatic rings. The number of nitrogens with zero attached hydrogens (tertiary/aromatic N) is 1. The number of benzene rings is 1. The number of para-hydroxylation sites is 1. The summed E-state index contributed by atoms with van der Waals surface area (Å²) in [5, 5.41) is 18.2. The van der Waals surface area contributed by atoms with Crippen molar-refractivity contribution in [1.82, 2.24) is 4.90 Å². The number of thioether (sulfide) groups is 1. The van der Waals surface area contributed by atoms with Crippen LogP contribution in [-0.2, 0) is 14.4 Å². The second kappa shape index (κ2) is 8.19. The molecule has 0 spiro atoms. The van der Waals surface area contributed by atoms with Crippen LogP contribution in [0.25, 0.3) is 6.08 Å². The minimum Gasteiger partial charge on any atom is -0.493 e. The van der Waals surface area contributed by atoms with E-state index in [9.17, 15) is 19.5 Å². The van der Waals surface area contributed by atoms with Crippen LogP contribution in [0.5, 0.6) is 11.5 Å². The Kier molecular flexibility index (Phi) is 6.22. The third-order valence-electron chi connectivity index (χ3n) is 3.51. The fraction of sp³-hybridized carbons (Fsp3) is 0.250. The zero-order valence-corrected chi connectivity index (χ0v) is 15.4. The number of carboxylic acids is 2. The highest BCUT2D eigenvalue weighted by atomic mass is 32.2. The monoisotopic (exact) mass is 397 g/mol. The van der Waals surface area contributed by atoms with Crippen molar-refractivity contribution in [1.29, 1.82) is 0 Å². The predicted octanol–water partition coefficient (Wildman–Crippen LogP) is 1.83. The Morgan fingerprint density at radius 1 is 1.31 bits per heavy atom. The lowest BCUT2D eigenvalue weighted by Crippen LogP contribution is -2.45. The largest absolute Gasteiger partial charge is 0.493 e. The molecule has 0 aliphatic carbocycles. The van der Waals surface area contributed by atoms with Gasteiger partial charge in [-0.2, -0.15) is 0 Å². The molecule has 1 aromatic carbocycles. The highest BCUT2D eigenvalue weighted by Crippen LogP contribution is 2.38. The minimum atomic E-state index is -1.57. The average Bonchev–Trinajstić information content (AvgIpc) is 2.85. The lowest BCUT2D eigenvalue weighted by molar-refractivity contribution is -0.150. The van der Waals surface area contributed by atoms with Crippen molar-refractivity contribution in [2.45, 2.75) is 12.5 Å². The molecule has 1 saturated heterocycles. The summed E-state index contributed by atoms with van der Waals surface area (Å²) in [7, 11) is 2.93. The molecule has 26 heavy (non-hydrogen) atoms. The number of ether oxygens (including phenoxy) is 2. The lowest BCUT2D eigenvalue weighted by Gasteiger charge is -2.21. The first-order chi connectivity index (χ1) is 12.3. The number of amides is 1. The van der Waals surface area contributed by atoms with E-state index in [0.717, 1.165) is 16.7 Å². The number of hydrogen-bond donors (Lipinski definition) is 2. The molecule has 1 fully saturated rings.